The summed E-state index contributed by atoms with van der Waals surface area (Å²) in [5.74, 6) is 0.790. The number of amides is 1. The zero-order valence-corrected chi connectivity index (χ0v) is 12.8. The Balaban J connectivity index is 2.30. The van der Waals surface area contributed by atoms with Crippen LogP contribution in [0.1, 0.15) is 44.1 Å². The summed E-state index contributed by atoms with van der Waals surface area (Å²) in [5.41, 5.74) is -0.0479. The first-order chi connectivity index (χ1) is 9.26. The van der Waals surface area contributed by atoms with Crippen molar-refractivity contribution in [2.45, 2.75) is 45.3 Å². The van der Waals surface area contributed by atoms with Crippen molar-refractivity contribution in [2.75, 3.05) is 14.1 Å². The van der Waals surface area contributed by atoms with Crippen LogP contribution in [0.5, 0.6) is 11.6 Å². The molecule has 1 aliphatic rings. The molecule has 0 atom stereocenters. The van der Waals surface area contributed by atoms with Crippen molar-refractivity contribution >= 4 is 5.91 Å². The molecule has 2 rings (SSSR count). The van der Waals surface area contributed by atoms with Gasteiger partial charge in [-0.15, -0.1) is 0 Å². The van der Waals surface area contributed by atoms with Crippen molar-refractivity contribution in [3.63, 3.8) is 0 Å². The van der Waals surface area contributed by atoms with Crippen LogP contribution in [-0.2, 0) is 0 Å². The number of aromatic nitrogens is 1. The molecule has 20 heavy (non-hydrogen) atoms. The van der Waals surface area contributed by atoms with E-state index in [0.717, 1.165) is 12.8 Å². The fourth-order valence-electron chi connectivity index (χ4n) is 1.62. The molecule has 0 saturated heterocycles. The zero-order valence-electron chi connectivity index (χ0n) is 12.8. The van der Waals surface area contributed by atoms with Gasteiger partial charge >= 0.3 is 0 Å². The van der Waals surface area contributed by atoms with E-state index < -0.39 is 0 Å². The maximum atomic E-state index is 12.2. The summed E-state index contributed by atoms with van der Waals surface area (Å²) < 4.78 is 11.5. The summed E-state index contributed by atoms with van der Waals surface area (Å²) in [6.45, 7) is 5.82. The van der Waals surface area contributed by atoms with Crippen molar-refractivity contribution in [1.82, 2.24) is 9.88 Å². The van der Waals surface area contributed by atoms with Crippen molar-refractivity contribution < 1.29 is 14.3 Å². The van der Waals surface area contributed by atoms with Gasteiger partial charge in [-0.3, -0.25) is 4.79 Å². The predicted molar refractivity (Wildman–Crippen MR) is 76.3 cm³/mol. The van der Waals surface area contributed by atoms with Gasteiger partial charge in [-0.05, 0) is 39.7 Å². The highest BCUT2D eigenvalue weighted by Crippen LogP contribution is 2.30. The van der Waals surface area contributed by atoms with E-state index in [1.807, 2.05) is 20.8 Å². The van der Waals surface area contributed by atoms with Gasteiger partial charge in [0.05, 0.1) is 6.10 Å². The van der Waals surface area contributed by atoms with E-state index in [1.54, 1.807) is 26.2 Å². The first kappa shape index (κ1) is 14.6. The minimum atomic E-state index is -0.357. The van der Waals surface area contributed by atoms with E-state index in [9.17, 15) is 4.79 Å². The van der Waals surface area contributed by atoms with Crippen molar-refractivity contribution in [3.8, 4) is 11.6 Å². The molecule has 0 bridgehead atoms. The average Bonchev–Trinajstić information content (AvgIpc) is 3.12. The molecule has 1 amide bonds. The molecule has 0 spiro atoms. The maximum Gasteiger partial charge on any atom is 0.275 e. The molecule has 0 aromatic carbocycles. The minimum absolute atomic E-state index is 0.181. The van der Waals surface area contributed by atoms with Crippen LogP contribution in [0.4, 0.5) is 0 Å². The molecule has 0 N–H and O–H groups in total. The number of hydrogen-bond donors (Lipinski definition) is 0. The van der Waals surface area contributed by atoms with E-state index in [2.05, 4.69) is 4.98 Å². The van der Waals surface area contributed by atoms with Crippen LogP contribution in [0.2, 0.25) is 0 Å². The molecule has 110 valence electrons. The average molecular weight is 278 g/mol. The van der Waals surface area contributed by atoms with Crippen LogP contribution in [0.25, 0.3) is 0 Å². The number of ether oxygens (including phenoxy) is 2. The van der Waals surface area contributed by atoms with E-state index in [0.29, 0.717) is 17.3 Å². The third kappa shape index (κ3) is 3.85. The Morgan fingerprint density at radius 1 is 1.30 bits per heavy atom. The van der Waals surface area contributed by atoms with Gasteiger partial charge in [-0.1, -0.05) is 0 Å². The number of rotatable bonds is 4. The Bertz CT molecular complexity index is 502. The number of carbonyl (C=O) groups is 1. The van der Waals surface area contributed by atoms with Crippen LogP contribution >= 0.6 is 0 Å². The third-order valence-electron chi connectivity index (χ3n) is 2.67. The Morgan fingerprint density at radius 3 is 2.45 bits per heavy atom. The van der Waals surface area contributed by atoms with Crippen LogP contribution < -0.4 is 9.47 Å². The van der Waals surface area contributed by atoms with Crippen LogP contribution in [0, 0.1) is 0 Å². The second-order valence-electron chi connectivity index (χ2n) is 6.23. The first-order valence-corrected chi connectivity index (χ1v) is 6.84. The normalized spacial score (nSPS) is 14.8. The van der Waals surface area contributed by atoms with Gasteiger partial charge in [0.1, 0.15) is 5.60 Å². The quantitative estimate of drug-likeness (QED) is 0.849. The summed E-state index contributed by atoms with van der Waals surface area (Å²) in [7, 11) is 3.39. The molecule has 0 unspecified atom stereocenters. The summed E-state index contributed by atoms with van der Waals surface area (Å²) in [6.07, 6.45) is 2.30. The third-order valence-corrected chi connectivity index (χ3v) is 2.67. The van der Waals surface area contributed by atoms with E-state index in [-0.39, 0.29) is 17.6 Å². The molecular formula is C15H22N2O3. The first-order valence-electron chi connectivity index (χ1n) is 6.84. The smallest absolute Gasteiger partial charge is 0.275 e. The Morgan fingerprint density at radius 2 is 1.95 bits per heavy atom. The SMILES string of the molecule is CN(C)C(=O)c1nc(OC(C)(C)C)ccc1OC1CC1. The number of hydrogen-bond acceptors (Lipinski definition) is 4. The lowest BCUT2D eigenvalue weighted by molar-refractivity contribution is 0.0809. The summed E-state index contributed by atoms with van der Waals surface area (Å²) in [5, 5.41) is 0. The monoisotopic (exact) mass is 278 g/mol. The highest BCUT2D eigenvalue weighted by atomic mass is 16.5. The molecular weight excluding hydrogens is 256 g/mol. The molecule has 1 aromatic rings. The lowest BCUT2D eigenvalue weighted by Crippen LogP contribution is -2.26. The van der Waals surface area contributed by atoms with Gasteiger partial charge in [0.15, 0.2) is 11.4 Å². The lowest BCUT2D eigenvalue weighted by atomic mass is 10.2. The van der Waals surface area contributed by atoms with Gasteiger partial charge in [-0.2, -0.15) is 0 Å². The highest BCUT2D eigenvalue weighted by Gasteiger charge is 2.27. The minimum Gasteiger partial charge on any atom is -0.488 e. The predicted octanol–water partition coefficient (Wildman–Crippen LogP) is 2.50. The molecule has 1 fully saturated rings. The van der Waals surface area contributed by atoms with Gasteiger partial charge < -0.3 is 14.4 Å². The molecule has 1 aromatic heterocycles. The summed E-state index contributed by atoms with van der Waals surface area (Å²) in [6, 6.07) is 3.51. The zero-order chi connectivity index (χ0) is 14.9. The van der Waals surface area contributed by atoms with Gasteiger partial charge in [-0.25, -0.2) is 4.98 Å². The second-order valence-corrected chi connectivity index (χ2v) is 6.23. The highest BCUT2D eigenvalue weighted by molar-refractivity contribution is 5.94. The molecule has 0 radical (unpaired) electrons. The fraction of sp³-hybridized carbons (Fsp3) is 0.600. The molecule has 1 saturated carbocycles. The van der Waals surface area contributed by atoms with E-state index >= 15 is 0 Å². The van der Waals surface area contributed by atoms with Gasteiger partial charge in [0, 0.05) is 20.2 Å². The summed E-state index contributed by atoms with van der Waals surface area (Å²) >= 11 is 0. The largest absolute Gasteiger partial charge is 0.488 e. The van der Waals surface area contributed by atoms with Crippen molar-refractivity contribution in [3.05, 3.63) is 17.8 Å². The topological polar surface area (TPSA) is 51.7 Å². The maximum absolute atomic E-state index is 12.2. The Hall–Kier alpha value is -1.78. The standard InChI is InChI=1S/C15H22N2O3/c1-15(2,3)20-12-9-8-11(19-10-6-7-10)13(16-12)14(18)17(4)5/h8-10H,6-7H2,1-5H3. The molecule has 1 heterocycles. The summed E-state index contributed by atoms with van der Waals surface area (Å²) in [4.78, 5) is 18.0. The molecule has 5 nitrogen and oxygen atoms in total. The van der Waals surface area contributed by atoms with E-state index in [4.69, 9.17) is 9.47 Å². The Kier molecular flexibility index (Phi) is 3.88. The van der Waals surface area contributed by atoms with Crippen LogP contribution in [0.3, 0.4) is 0 Å². The van der Waals surface area contributed by atoms with Gasteiger partial charge in [0.25, 0.3) is 5.91 Å². The van der Waals surface area contributed by atoms with Crippen LogP contribution in [-0.4, -0.2) is 41.6 Å². The number of carbonyl (C=O) groups excluding carboxylic acids is 1. The molecule has 1 aliphatic carbocycles. The van der Waals surface area contributed by atoms with Crippen molar-refractivity contribution in [1.29, 1.82) is 0 Å². The lowest BCUT2D eigenvalue weighted by Gasteiger charge is -2.21. The van der Waals surface area contributed by atoms with Gasteiger partial charge in [0.2, 0.25) is 5.88 Å². The fourth-order valence-corrected chi connectivity index (χ4v) is 1.62. The molecule has 0 aliphatic heterocycles. The van der Waals surface area contributed by atoms with Crippen molar-refractivity contribution in [2.24, 2.45) is 0 Å². The number of nitrogens with zero attached hydrogens (tertiary/aromatic N) is 2. The molecule has 5 heteroatoms. The number of pyridine rings is 1. The second kappa shape index (κ2) is 5.31. The van der Waals surface area contributed by atoms with Crippen LogP contribution in [0.15, 0.2) is 12.1 Å². The van der Waals surface area contributed by atoms with E-state index in [1.165, 1.54) is 4.90 Å². The Labute approximate surface area is 119 Å².